The predicted molar refractivity (Wildman–Crippen MR) is 123 cm³/mol. The number of allylic oxidation sites excluding steroid dienone is 2. The van der Waals surface area contributed by atoms with Crippen molar-refractivity contribution >= 4 is 40.9 Å². The molecule has 1 saturated carbocycles. The lowest BCUT2D eigenvalue weighted by molar-refractivity contribution is -0.149. The third kappa shape index (κ3) is 7.27. The zero-order valence-corrected chi connectivity index (χ0v) is 19.9. The Morgan fingerprint density at radius 3 is 2.62 bits per heavy atom. The molecule has 0 bridgehead atoms. The van der Waals surface area contributed by atoms with E-state index in [1.54, 1.807) is 19.1 Å². The Labute approximate surface area is 200 Å². The molecule has 1 N–H and O–H groups in total. The van der Waals surface area contributed by atoms with Crippen molar-refractivity contribution < 1.29 is 27.8 Å². The van der Waals surface area contributed by atoms with Crippen molar-refractivity contribution in [1.29, 1.82) is 0 Å². The van der Waals surface area contributed by atoms with Gasteiger partial charge in [0.25, 0.3) is 0 Å². The lowest BCUT2D eigenvalue weighted by atomic mass is 10.00. The van der Waals surface area contributed by atoms with Crippen LogP contribution in [-0.2, 0) is 9.53 Å². The highest BCUT2D eigenvalue weighted by molar-refractivity contribution is 8.00. The summed E-state index contributed by atoms with van der Waals surface area (Å²) in [4.78, 5) is 12.7. The van der Waals surface area contributed by atoms with Crippen LogP contribution >= 0.6 is 35.0 Å². The van der Waals surface area contributed by atoms with Crippen molar-refractivity contribution in [3.63, 3.8) is 0 Å². The maximum Gasteiger partial charge on any atom is 0.387 e. The Hall–Kier alpha value is -1.48. The predicted octanol–water partition coefficient (Wildman–Crippen LogP) is 5.98. The van der Waals surface area contributed by atoms with Crippen LogP contribution < -0.4 is 14.8 Å². The van der Waals surface area contributed by atoms with E-state index in [0.717, 1.165) is 18.6 Å². The molecule has 1 aromatic rings. The molecule has 1 aromatic carbocycles. The number of carbonyl (C=O) groups excluding carboxylic acids is 1. The molecule has 1 aliphatic carbocycles. The lowest BCUT2D eigenvalue weighted by Gasteiger charge is -2.23. The van der Waals surface area contributed by atoms with E-state index < -0.39 is 24.1 Å². The van der Waals surface area contributed by atoms with Gasteiger partial charge < -0.3 is 14.2 Å². The molecule has 2 atom stereocenters. The van der Waals surface area contributed by atoms with E-state index in [2.05, 4.69) is 16.6 Å². The maximum atomic E-state index is 12.9. The number of alkyl halides is 2. The minimum absolute atomic E-state index is 0.0754. The smallest absolute Gasteiger partial charge is 0.387 e. The van der Waals surface area contributed by atoms with Gasteiger partial charge in [-0.15, -0.1) is 11.8 Å². The third-order valence-corrected chi connectivity index (χ3v) is 6.64. The largest absolute Gasteiger partial charge is 0.489 e. The topological polar surface area (TPSA) is 56.8 Å². The minimum Gasteiger partial charge on any atom is -0.489 e. The summed E-state index contributed by atoms with van der Waals surface area (Å²) in [5.74, 6) is 0.867. The van der Waals surface area contributed by atoms with Crippen LogP contribution in [0.2, 0.25) is 0 Å². The summed E-state index contributed by atoms with van der Waals surface area (Å²) in [5, 5.41) is 3.24. The van der Waals surface area contributed by atoms with Crippen molar-refractivity contribution in [2.24, 2.45) is 5.92 Å². The summed E-state index contributed by atoms with van der Waals surface area (Å²) in [5.41, 5.74) is 1.08. The van der Waals surface area contributed by atoms with Gasteiger partial charge in [0, 0.05) is 28.8 Å². The number of benzene rings is 1. The highest BCUT2D eigenvalue weighted by Gasteiger charge is 2.30. The molecule has 2 aliphatic rings. The molecule has 0 radical (unpaired) electrons. The van der Waals surface area contributed by atoms with Crippen molar-refractivity contribution in [2.45, 2.75) is 44.3 Å². The zero-order valence-electron chi connectivity index (χ0n) is 17.5. The molecule has 3 rings (SSSR count). The van der Waals surface area contributed by atoms with E-state index in [0.29, 0.717) is 35.2 Å². The Bertz CT molecular complexity index is 869. The van der Waals surface area contributed by atoms with Crippen LogP contribution in [0.1, 0.15) is 37.9 Å². The van der Waals surface area contributed by atoms with Crippen LogP contribution in [0, 0.1) is 5.92 Å². The zero-order chi connectivity index (χ0) is 23.3. The summed E-state index contributed by atoms with van der Waals surface area (Å²) in [6.45, 7) is 3.53. The number of hydrogen-bond donors (Lipinski definition) is 1. The second kappa shape index (κ2) is 11.6. The van der Waals surface area contributed by atoms with Crippen molar-refractivity contribution in [2.75, 3.05) is 18.9 Å². The van der Waals surface area contributed by atoms with Crippen molar-refractivity contribution in [3.05, 3.63) is 46.0 Å². The average Bonchev–Trinajstić information content (AvgIpc) is 3.39. The van der Waals surface area contributed by atoms with Crippen LogP contribution in [0.4, 0.5) is 8.78 Å². The van der Waals surface area contributed by atoms with E-state index in [-0.39, 0.29) is 23.0 Å². The Morgan fingerprint density at radius 1 is 1.31 bits per heavy atom. The number of hydrogen-bond acceptors (Lipinski definition) is 6. The Morgan fingerprint density at radius 2 is 2.06 bits per heavy atom. The molecule has 176 valence electrons. The van der Waals surface area contributed by atoms with Crippen molar-refractivity contribution in [3.8, 4) is 11.5 Å². The quantitative estimate of drug-likeness (QED) is 0.293. The van der Waals surface area contributed by atoms with Crippen LogP contribution in [0.25, 0.3) is 0 Å². The number of thioether (sulfide) groups is 1. The van der Waals surface area contributed by atoms with E-state index in [1.807, 2.05) is 0 Å². The first-order valence-electron chi connectivity index (χ1n) is 10.2. The third-order valence-electron chi connectivity index (χ3n) is 5.05. The average molecular weight is 508 g/mol. The maximum absolute atomic E-state index is 12.9. The number of ether oxygens (including phenoxy) is 3. The fourth-order valence-electron chi connectivity index (χ4n) is 3.15. The number of halogens is 4. The molecule has 0 amide bonds. The SMILES string of the molecule is C=C(Cl)/C(C[C@H](OC(=O)[C@H]1NCCS1)c1ccc(OC(F)F)c(OCC2CC2)c1)=C(\C)Cl. The molecule has 1 saturated heterocycles. The number of rotatable bonds is 11. The molecule has 32 heavy (non-hydrogen) atoms. The Balaban J connectivity index is 1.89. The second-order valence-electron chi connectivity index (χ2n) is 7.59. The van der Waals surface area contributed by atoms with E-state index in [4.69, 9.17) is 32.7 Å². The van der Waals surface area contributed by atoms with E-state index in [9.17, 15) is 13.6 Å². The molecular formula is C22H25Cl2F2NO4S. The van der Waals surface area contributed by atoms with E-state index in [1.165, 1.54) is 17.8 Å². The molecule has 0 spiro atoms. The van der Waals surface area contributed by atoms with Gasteiger partial charge in [0.05, 0.1) is 6.61 Å². The lowest BCUT2D eigenvalue weighted by Crippen LogP contribution is -2.31. The summed E-state index contributed by atoms with van der Waals surface area (Å²) in [6.07, 6.45) is 1.46. The molecule has 2 fully saturated rings. The van der Waals surface area contributed by atoms with Crippen molar-refractivity contribution in [1.82, 2.24) is 5.32 Å². The fraction of sp³-hybridized carbons (Fsp3) is 0.500. The van der Waals surface area contributed by atoms with Gasteiger partial charge >= 0.3 is 12.6 Å². The van der Waals surface area contributed by atoms with Crippen LogP contribution in [0.5, 0.6) is 11.5 Å². The summed E-state index contributed by atoms with van der Waals surface area (Å²) in [7, 11) is 0. The van der Waals surface area contributed by atoms with Crippen LogP contribution in [0.15, 0.2) is 40.4 Å². The molecule has 1 aliphatic heterocycles. The van der Waals surface area contributed by atoms with Gasteiger partial charge in [-0.3, -0.25) is 5.32 Å². The first kappa shape index (κ1) is 25.1. The van der Waals surface area contributed by atoms with E-state index >= 15 is 0 Å². The van der Waals surface area contributed by atoms with Crippen LogP contribution in [0.3, 0.4) is 0 Å². The Kier molecular flexibility index (Phi) is 9.11. The van der Waals surface area contributed by atoms with Gasteiger partial charge in [-0.05, 0) is 49.0 Å². The molecular weight excluding hydrogens is 483 g/mol. The second-order valence-corrected chi connectivity index (χ2v) is 9.83. The van der Waals surface area contributed by atoms with Gasteiger partial charge in [0.2, 0.25) is 0 Å². The standard InChI is InChI=1S/C22H25Cl2F2NO4S/c1-12(23)16(13(2)24)10-18(30-21(28)20-27-7-8-32-20)15-5-6-17(31-22(25)26)19(9-15)29-11-14-3-4-14/h5-6,9,14,18,20,22,27H,1,3-4,7-8,10-11H2,2H3/b16-13+/t18-,20-/m0/s1. The normalized spacial score (nSPS) is 20.0. The van der Waals surface area contributed by atoms with Gasteiger partial charge in [-0.25, -0.2) is 4.79 Å². The monoisotopic (exact) mass is 507 g/mol. The van der Waals surface area contributed by atoms with Crippen LogP contribution in [-0.4, -0.2) is 36.9 Å². The van der Waals surface area contributed by atoms with Gasteiger partial charge in [-0.2, -0.15) is 8.78 Å². The first-order valence-corrected chi connectivity index (χ1v) is 12.0. The highest BCUT2D eigenvalue weighted by Crippen LogP contribution is 2.39. The summed E-state index contributed by atoms with van der Waals surface area (Å²) < 4.78 is 41.9. The molecule has 5 nitrogen and oxygen atoms in total. The molecule has 10 heteroatoms. The summed E-state index contributed by atoms with van der Waals surface area (Å²) >= 11 is 13.8. The van der Waals surface area contributed by atoms with Gasteiger partial charge in [-0.1, -0.05) is 35.8 Å². The number of nitrogens with one attached hydrogen (secondary N) is 1. The fourth-order valence-corrected chi connectivity index (χ4v) is 4.51. The highest BCUT2D eigenvalue weighted by atomic mass is 35.5. The number of esters is 1. The molecule has 1 heterocycles. The minimum atomic E-state index is -2.99. The molecule has 0 aromatic heterocycles. The molecule has 0 unspecified atom stereocenters. The first-order chi connectivity index (χ1) is 15.2. The van der Waals surface area contributed by atoms with Gasteiger partial charge in [0.15, 0.2) is 16.9 Å². The van der Waals surface area contributed by atoms with Gasteiger partial charge in [0.1, 0.15) is 6.10 Å². The number of carbonyl (C=O) groups is 1. The summed E-state index contributed by atoms with van der Waals surface area (Å²) in [6, 6.07) is 4.51.